The largest absolute Gasteiger partial charge is 0.0882 e. The van der Waals surface area contributed by atoms with Crippen LogP contribution in [0.2, 0.25) is 0 Å². The van der Waals surface area contributed by atoms with Gasteiger partial charge in [-0.3, -0.25) is 0 Å². The molecule has 18 heavy (non-hydrogen) atoms. The molecule has 0 saturated heterocycles. The van der Waals surface area contributed by atoms with Gasteiger partial charge in [0.25, 0.3) is 0 Å². The van der Waals surface area contributed by atoms with Gasteiger partial charge in [-0.05, 0) is 19.3 Å². The average Bonchev–Trinajstić information content (AvgIpc) is 2.39. The van der Waals surface area contributed by atoms with Crippen LogP contribution in [0.3, 0.4) is 0 Å². The number of rotatable bonds is 14. The third-order valence-electron chi connectivity index (χ3n) is 3.41. The molecule has 0 atom stereocenters. The second kappa shape index (κ2) is 16.5. The lowest BCUT2D eigenvalue weighted by Gasteiger charge is -2.01. The number of hydrogen-bond acceptors (Lipinski definition) is 0. The second-order valence-corrected chi connectivity index (χ2v) is 5.27. The molecule has 0 amide bonds. The molecule has 0 saturated carbocycles. The maximum atomic E-state index is 5.30. The van der Waals surface area contributed by atoms with Gasteiger partial charge < -0.3 is 0 Å². The molecule has 0 aromatic carbocycles. The van der Waals surface area contributed by atoms with Crippen molar-refractivity contribution in [3.8, 4) is 0 Å². The number of allylic oxidation sites excluding steroid dienone is 3. The molecule has 0 nitrogen and oxygen atoms in total. The highest BCUT2D eigenvalue weighted by molar-refractivity contribution is 4.86. The molecule has 0 aliphatic heterocycles. The Bertz CT molecular complexity index is 178. The third-order valence-corrected chi connectivity index (χ3v) is 3.41. The predicted octanol–water partition coefficient (Wildman–Crippen LogP) is 6.62. The first-order valence-electron chi connectivity index (χ1n) is 8.10. The van der Waals surface area contributed by atoms with E-state index in [2.05, 4.69) is 19.1 Å². The second-order valence-electron chi connectivity index (χ2n) is 5.27. The van der Waals surface area contributed by atoms with E-state index in [1.54, 1.807) is 6.08 Å². The minimum atomic E-state index is 0.915. The molecule has 0 heteroatoms. The lowest BCUT2D eigenvalue weighted by Crippen LogP contribution is -1.81. The fourth-order valence-electron chi connectivity index (χ4n) is 2.22. The van der Waals surface area contributed by atoms with Gasteiger partial charge >= 0.3 is 0 Å². The summed E-state index contributed by atoms with van der Waals surface area (Å²) in [4.78, 5) is 0. The molecule has 0 aromatic rings. The standard InChI is InChI=1S/C18H33/c1-3-5-7-9-11-13-15-17-18-16-14-12-10-8-6-4-2/h1,3,7,9H,4-6,8,10-18H2,2H3. The topological polar surface area (TPSA) is 0 Å². The maximum absolute atomic E-state index is 5.30. The zero-order chi connectivity index (χ0) is 13.3. The minimum Gasteiger partial charge on any atom is -0.0882 e. The Morgan fingerprint density at radius 1 is 0.667 bits per heavy atom. The monoisotopic (exact) mass is 249 g/mol. The van der Waals surface area contributed by atoms with Crippen molar-refractivity contribution in [3.05, 3.63) is 24.8 Å². The number of unbranched alkanes of at least 4 members (excludes halogenated alkanes) is 11. The summed E-state index contributed by atoms with van der Waals surface area (Å²) in [6.45, 7) is 7.58. The van der Waals surface area contributed by atoms with Crippen LogP contribution in [-0.4, -0.2) is 0 Å². The summed E-state index contributed by atoms with van der Waals surface area (Å²) in [5.41, 5.74) is 0. The molecule has 0 N–H and O–H groups in total. The van der Waals surface area contributed by atoms with Crippen LogP contribution in [0.5, 0.6) is 0 Å². The van der Waals surface area contributed by atoms with Crippen LogP contribution in [0, 0.1) is 6.58 Å². The van der Waals surface area contributed by atoms with E-state index in [1.807, 2.05) is 0 Å². The number of hydrogen-bond donors (Lipinski definition) is 0. The van der Waals surface area contributed by atoms with Gasteiger partial charge in [0.1, 0.15) is 0 Å². The SMILES string of the molecule is [CH]=CCC=CCCCCCCCCCCCCC. The Morgan fingerprint density at radius 3 is 1.67 bits per heavy atom. The van der Waals surface area contributed by atoms with Crippen LogP contribution >= 0.6 is 0 Å². The van der Waals surface area contributed by atoms with Crippen LogP contribution < -0.4 is 0 Å². The van der Waals surface area contributed by atoms with Crippen molar-refractivity contribution < 1.29 is 0 Å². The lowest BCUT2D eigenvalue weighted by molar-refractivity contribution is 0.550. The lowest BCUT2D eigenvalue weighted by atomic mass is 10.1. The van der Waals surface area contributed by atoms with Crippen LogP contribution in [-0.2, 0) is 0 Å². The summed E-state index contributed by atoms with van der Waals surface area (Å²) in [7, 11) is 0. The normalized spacial score (nSPS) is 11.2. The Kier molecular flexibility index (Phi) is 16.0. The highest BCUT2D eigenvalue weighted by atomic mass is 14.0. The van der Waals surface area contributed by atoms with Crippen LogP contribution in [0.15, 0.2) is 18.2 Å². The van der Waals surface area contributed by atoms with Crippen molar-refractivity contribution in [2.24, 2.45) is 0 Å². The van der Waals surface area contributed by atoms with E-state index in [9.17, 15) is 0 Å². The summed E-state index contributed by atoms with van der Waals surface area (Å²) >= 11 is 0. The molecule has 0 aliphatic carbocycles. The zero-order valence-corrected chi connectivity index (χ0v) is 12.5. The molecule has 0 aromatic heterocycles. The van der Waals surface area contributed by atoms with Crippen LogP contribution in [0.1, 0.15) is 90.4 Å². The fourth-order valence-corrected chi connectivity index (χ4v) is 2.22. The van der Waals surface area contributed by atoms with E-state index < -0.39 is 0 Å². The molecule has 0 heterocycles. The molecule has 0 unspecified atom stereocenters. The summed E-state index contributed by atoms with van der Waals surface area (Å²) in [5, 5.41) is 0. The van der Waals surface area contributed by atoms with E-state index in [-0.39, 0.29) is 0 Å². The Morgan fingerprint density at radius 2 is 1.17 bits per heavy atom. The van der Waals surface area contributed by atoms with E-state index in [1.165, 1.54) is 77.0 Å². The van der Waals surface area contributed by atoms with Crippen molar-refractivity contribution in [2.75, 3.05) is 0 Å². The van der Waals surface area contributed by atoms with Crippen molar-refractivity contribution in [1.29, 1.82) is 0 Å². The third kappa shape index (κ3) is 15.5. The molecule has 0 bridgehead atoms. The molecule has 105 valence electrons. The van der Waals surface area contributed by atoms with E-state index in [0.717, 1.165) is 6.42 Å². The maximum Gasteiger partial charge on any atom is -0.0166 e. The van der Waals surface area contributed by atoms with E-state index in [4.69, 9.17) is 6.58 Å². The van der Waals surface area contributed by atoms with Gasteiger partial charge in [0, 0.05) is 0 Å². The van der Waals surface area contributed by atoms with E-state index >= 15 is 0 Å². The Hall–Kier alpha value is -0.520. The van der Waals surface area contributed by atoms with Gasteiger partial charge in [-0.15, -0.1) is 0 Å². The fraction of sp³-hybridized carbons (Fsp3) is 0.778. The van der Waals surface area contributed by atoms with Gasteiger partial charge in [-0.2, -0.15) is 0 Å². The Balaban J connectivity index is 2.96. The van der Waals surface area contributed by atoms with Crippen molar-refractivity contribution in [3.63, 3.8) is 0 Å². The molecular formula is C18H33. The molecule has 0 rings (SSSR count). The molecule has 0 spiro atoms. The van der Waals surface area contributed by atoms with Crippen LogP contribution in [0.25, 0.3) is 0 Å². The van der Waals surface area contributed by atoms with Gasteiger partial charge in [0.05, 0.1) is 0 Å². The van der Waals surface area contributed by atoms with Crippen molar-refractivity contribution >= 4 is 0 Å². The molecule has 0 aliphatic rings. The Labute approximate surface area is 116 Å². The average molecular weight is 249 g/mol. The van der Waals surface area contributed by atoms with Crippen molar-refractivity contribution in [2.45, 2.75) is 90.4 Å². The first kappa shape index (κ1) is 17.5. The highest BCUT2D eigenvalue weighted by Gasteiger charge is 1.92. The smallest absolute Gasteiger partial charge is 0.0166 e. The molecule has 1 radical (unpaired) electrons. The minimum absolute atomic E-state index is 0.915. The van der Waals surface area contributed by atoms with Gasteiger partial charge in [0.15, 0.2) is 0 Å². The summed E-state index contributed by atoms with van der Waals surface area (Å²) in [5.74, 6) is 0. The van der Waals surface area contributed by atoms with E-state index in [0.29, 0.717) is 0 Å². The van der Waals surface area contributed by atoms with Crippen LogP contribution in [0.4, 0.5) is 0 Å². The first-order chi connectivity index (χ1) is 8.91. The van der Waals surface area contributed by atoms with Crippen molar-refractivity contribution in [1.82, 2.24) is 0 Å². The zero-order valence-electron chi connectivity index (χ0n) is 12.5. The quantitative estimate of drug-likeness (QED) is 0.239. The molecular weight excluding hydrogens is 216 g/mol. The van der Waals surface area contributed by atoms with Gasteiger partial charge in [-0.1, -0.05) is 95.9 Å². The highest BCUT2D eigenvalue weighted by Crippen LogP contribution is 2.11. The summed E-state index contributed by atoms with van der Waals surface area (Å²) < 4.78 is 0. The van der Waals surface area contributed by atoms with Gasteiger partial charge in [-0.25, -0.2) is 0 Å². The predicted molar refractivity (Wildman–Crippen MR) is 83.7 cm³/mol. The summed E-state index contributed by atoms with van der Waals surface area (Å²) in [6.07, 6.45) is 23.9. The summed E-state index contributed by atoms with van der Waals surface area (Å²) in [6, 6.07) is 0. The van der Waals surface area contributed by atoms with Gasteiger partial charge in [0.2, 0.25) is 0 Å². The molecule has 0 fully saturated rings. The first-order valence-corrected chi connectivity index (χ1v) is 8.10.